The molecule has 12 heteroatoms. The highest BCUT2D eigenvalue weighted by atomic mass is 32.2. The van der Waals surface area contributed by atoms with Crippen LogP contribution in [0.2, 0.25) is 0 Å². The smallest absolute Gasteiger partial charge is 0.318 e. The van der Waals surface area contributed by atoms with Crippen LogP contribution in [0.1, 0.15) is 6.42 Å². The van der Waals surface area contributed by atoms with E-state index < -0.39 is 23.1 Å². The van der Waals surface area contributed by atoms with Crippen molar-refractivity contribution in [2.24, 2.45) is 15.9 Å². The zero-order valence-corrected chi connectivity index (χ0v) is 15.4. The minimum atomic E-state index is -0.979. The van der Waals surface area contributed by atoms with Crippen LogP contribution in [0.5, 0.6) is 0 Å². The van der Waals surface area contributed by atoms with Gasteiger partial charge in [0.15, 0.2) is 5.17 Å². The summed E-state index contributed by atoms with van der Waals surface area (Å²) < 4.78 is 0. The lowest BCUT2D eigenvalue weighted by atomic mass is 10.3. The van der Waals surface area contributed by atoms with Crippen molar-refractivity contribution in [2.45, 2.75) is 11.7 Å². The first-order valence-corrected chi connectivity index (χ1v) is 9.54. The van der Waals surface area contributed by atoms with Crippen LogP contribution >= 0.6 is 23.5 Å². The third-order valence-corrected chi connectivity index (χ3v) is 5.35. The van der Waals surface area contributed by atoms with Gasteiger partial charge in [-0.15, -0.1) is 10.2 Å². The van der Waals surface area contributed by atoms with Gasteiger partial charge in [0.25, 0.3) is 5.24 Å². The number of primary amides is 1. The number of thioether (sulfide) groups is 2. The average Bonchev–Trinajstić information content (AvgIpc) is 3.15. The van der Waals surface area contributed by atoms with E-state index in [0.717, 1.165) is 23.5 Å². The Morgan fingerprint density at radius 2 is 2.00 bits per heavy atom. The predicted molar refractivity (Wildman–Crippen MR) is 104 cm³/mol. The number of hydrogen-bond donors (Lipinski definition) is 3. The summed E-state index contributed by atoms with van der Waals surface area (Å²) in [7, 11) is 0. The number of imide groups is 1. The first-order valence-electron chi connectivity index (χ1n) is 7.67. The van der Waals surface area contributed by atoms with Crippen molar-refractivity contribution >= 4 is 63.3 Å². The Hall–Kier alpha value is -2.86. The topological polar surface area (TPSA) is 146 Å². The number of carbonyl (C=O) groups excluding carboxylic acids is 4. The van der Waals surface area contributed by atoms with Gasteiger partial charge < -0.3 is 11.1 Å². The SMILES string of the molecule is NC(=O)NC(=O)CC1S/C(=N/N=C2\CSC(=O)N2c2ccccc2)NC1=O. The third kappa shape index (κ3) is 4.65. The van der Waals surface area contributed by atoms with Gasteiger partial charge in [-0.25, -0.2) is 4.79 Å². The molecule has 0 bridgehead atoms. The number of amidine groups is 2. The Kier molecular flexibility index (Phi) is 5.76. The van der Waals surface area contributed by atoms with Crippen LogP contribution in [0, 0.1) is 0 Å². The maximum atomic E-state index is 12.1. The van der Waals surface area contributed by atoms with E-state index in [1.807, 2.05) is 23.5 Å². The molecule has 0 aliphatic carbocycles. The molecule has 5 amide bonds. The highest BCUT2D eigenvalue weighted by Crippen LogP contribution is 2.27. The molecule has 2 saturated heterocycles. The number of nitrogens with two attached hydrogens (primary N) is 1. The van der Waals surface area contributed by atoms with E-state index in [1.54, 1.807) is 12.1 Å². The second-order valence-electron chi connectivity index (χ2n) is 5.36. The molecule has 0 aromatic heterocycles. The molecule has 4 N–H and O–H groups in total. The van der Waals surface area contributed by atoms with Crippen LogP contribution in [0.4, 0.5) is 15.3 Å². The number of urea groups is 1. The first-order chi connectivity index (χ1) is 12.9. The lowest BCUT2D eigenvalue weighted by Crippen LogP contribution is -2.37. The molecule has 2 aliphatic heterocycles. The number of hydrogen-bond acceptors (Lipinski definition) is 8. The number of amides is 5. The molecule has 1 unspecified atom stereocenters. The number of nitrogens with one attached hydrogen (secondary N) is 2. The normalized spacial score (nSPS) is 22.4. The first kappa shape index (κ1) is 18.9. The highest BCUT2D eigenvalue weighted by molar-refractivity contribution is 8.15. The van der Waals surface area contributed by atoms with Crippen molar-refractivity contribution in [1.82, 2.24) is 10.6 Å². The Morgan fingerprint density at radius 3 is 2.70 bits per heavy atom. The van der Waals surface area contributed by atoms with Crippen molar-refractivity contribution in [3.8, 4) is 0 Å². The standard InChI is InChI=1S/C15H14N6O4S2/c16-13(24)17-11(22)6-9-12(23)18-14(27-9)20-19-10-7-26-15(25)21(10)8-4-2-1-3-5-8/h1-5,9H,6-7H2,(H,18,20,23)(H3,16,17,22,24)/b19-10+. The second-order valence-corrected chi connectivity index (χ2v) is 7.48. The molecule has 0 spiro atoms. The van der Waals surface area contributed by atoms with Gasteiger partial charge in [0.2, 0.25) is 11.8 Å². The Labute approximate surface area is 162 Å². The summed E-state index contributed by atoms with van der Waals surface area (Å²) in [4.78, 5) is 47.7. The fraction of sp³-hybridized carbons (Fsp3) is 0.200. The molecule has 2 fully saturated rings. The van der Waals surface area contributed by atoms with Crippen molar-refractivity contribution < 1.29 is 19.2 Å². The Balaban J connectivity index is 1.70. The highest BCUT2D eigenvalue weighted by Gasteiger charge is 2.33. The molecule has 1 atom stereocenters. The van der Waals surface area contributed by atoms with Crippen LogP contribution in [0.3, 0.4) is 0 Å². The zero-order chi connectivity index (χ0) is 19.4. The minimum Gasteiger partial charge on any atom is -0.351 e. The van der Waals surface area contributed by atoms with Crippen molar-refractivity contribution in [3.05, 3.63) is 30.3 Å². The van der Waals surface area contributed by atoms with Crippen LogP contribution in [-0.4, -0.2) is 45.1 Å². The second kappa shape index (κ2) is 8.22. The maximum Gasteiger partial charge on any atom is 0.318 e. The Morgan fingerprint density at radius 1 is 1.26 bits per heavy atom. The molecule has 3 rings (SSSR count). The van der Waals surface area contributed by atoms with Crippen LogP contribution in [0.25, 0.3) is 0 Å². The van der Waals surface area contributed by atoms with Crippen molar-refractivity contribution in [3.63, 3.8) is 0 Å². The molecule has 0 saturated carbocycles. The van der Waals surface area contributed by atoms with E-state index >= 15 is 0 Å². The molecule has 2 heterocycles. The summed E-state index contributed by atoms with van der Waals surface area (Å²) in [5.41, 5.74) is 5.54. The molecule has 2 aliphatic rings. The quantitative estimate of drug-likeness (QED) is 0.632. The van der Waals surface area contributed by atoms with Gasteiger partial charge in [0.1, 0.15) is 11.1 Å². The van der Waals surface area contributed by atoms with Gasteiger partial charge in [-0.05, 0) is 12.1 Å². The molecule has 1 aromatic rings. The zero-order valence-electron chi connectivity index (χ0n) is 13.7. The minimum absolute atomic E-state index is 0.163. The summed E-state index contributed by atoms with van der Waals surface area (Å²) in [5.74, 6) is -0.285. The number of benzene rings is 1. The van der Waals surface area contributed by atoms with Gasteiger partial charge in [-0.2, -0.15) is 0 Å². The van der Waals surface area contributed by atoms with Gasteiger partial charge in [-0.1, -0.05) is 41.7 Å². The lowest BCUT2D eigenvalue weighted by molar-refractivity contribution is -0.124. The molecule has 140 valence electrons. The van der Waals surface area contributed by atoms with E-state index in [1.165, 1.54) is 4.90 Å². The summed E-state index contributed by atoms with van der Waals surface area (Å²) in [5, 5.41) is 11.8. The van der Waals surface area contributed by atoms with E-state index in [4.69, 9.17) is 5.73 Å². The Bertz CT molecular complexity index is 857. The number of para-hydroxylation sites is 1. The molecule has 10 nitrogen and oxygen atoms in total. The summed E-state index contributed by atoms with van der Waals surface area (Å²) in [6, 6.07) is 8.05. The number of rotatable bonds is 4. The van der Waals surface area contributed by atoms with E-state index in [2.05, 4.69) is 15.5 Å². The van der Waals surface area contributed by atoms with Gasteiger partial charge in [0, 0.05) is 6.42 Å². The van der Waals surface area contributed by atoms with Gasteiger partial charge >= 0.3 is 6.03 Å². The molecule has 0 radical (unpaired) electrons. The van der Waals surface area contributed by atoms with Crippen LogP contribution in [0.15, 0.2) is 40.5 Å². The monoisotopic (exact) mass is 406 g/mol. The van der Waals surface area contributed by atoms with E-state index in [9.17, 15) is 19.2 Å². The number of anilines is 1. The molecular weight excluding hydrogens is 392 g/mol. The van der Waals surface area contributed by atoms with Crippen molar-refractivity contribution in [1.29, 1.82) is 0 Å². The predicted octanol–water partition coefficient (Wildman–Crippen LogP) is 0.846. The average molecular weight is 406 g/mol. The molecule has 27 heavy (non-hydrogen) atoms. The van der Waals surface area contributed by atoms with Crippen LogP contribution in [-0.2, 0) is 9.59 Å². The summed E-state index contributed by atoms with van der Waals surface area (Å²) in [6.45, 7) is 0. The lowest BCUT2D eigenvalue weighted by Gasteiger charge is -2.14. The van der Waals surface area contributed by atoms with Gasteiger partial charge in [-0.3, -0.25) is 24.6 Å². The largest absolute Gasteiger partial charge is 0.351 e. The van der Waals surface area contributed by atoms with Crippen LogP contribution < -0.4 is 21.3 Å². The number of carbonyl (C=O) groups is 4. The van der Waals surface area contributed by atoms with Crippen molar-refractivity contribution in [2.75, 3.05) is 10.7 Å². The fourth-order valence-electron chi connectivity index (χ4n) is 2.31. The maximum absolute atomic E-state index is 12.1. The van der Waals surface area contributed by atoms with E-state index in [0.29, 0.717) is 17.3 Å². The molecule has 1 aromatic carbocycles. The third-order valence-electron chi connectivity index (χ3n) is 3.45. The fourth-order valence-corrected chi connectivity index (χ4v) is 4.01. The number of nitrogens with zero attached hydrogens (tertiary/aromatic N) is 3. The summed E-state index contributed by atoms with van der Waals surface area (Å²) >= 11 is 2.12. The van der Waals surface area contributed by atoms with Gasteiger partial charge in [0.05, 0.1) is 11.4 Å². The van der Waals surface area contributed by atoms with E-state index in [-0.39, 0.29) is 16.8 Å². The summed E-state index contributed by atoms with van der Waals surface area (Å²) in [6.07, 6.45) is -0.223. The molecular formula is C15H14N6O4S2.